The van der Waals surface area contributed by atoms with Crippen molar-refractivity contribution in [1.82, 2.24) is 0 Å². The van der Waals surface area contributed by atoms with E-state index in [-0.39, 0.29) is 0 Å². The largest absolute Gasteiger partial charge is 0.334 e. The van der Waals surface area contributed by atoms with Gasteiger partial charge in [0.2, 0.25) is 0 Å². The van der Waals surface area contributed by atoms with Gasteiger partial charge in [0.15, 0.2) is 0 Å². The van der Waals surface area contributed by atoms with Crippen LogP contribution in [0.2, 0.25) is 0 Å². The number of nitrogens with one attached hydrogen (secondary N) is 1. The van der Waals surface area contributed by atoms with Gasteiger partial charge in [-0.1, -0.05) is 26.7 Å². The maximum atomic E-state index is 2.70. The molecule has 4 bridgehead atoms. The maximum absolute atomic E-state index is 2.70. The van der Waals surface area contributed by atoms with E-state index in [4.69, 9.17) is 0 Å². The van der Waals surface area contributed by atoms with Crippen LogP contribution in [-0.4, -0.2) is 19.6 Å². The Labute approximate surface area is 149 Å². The lowest BCUT2D eigenvalue weighted by atomic mass is 9.66. The Balaban J connectivity index is 1.45. The van der Waals surface area contributed by atoms with Gasteiger partial charge in [-0.25, -0.2) is 0 Å². The van der Waals surface area contributed by atoms with Gasteiger partial charge in [-0.05, 0) is 85.9 Å². The average molecular weight is 331 g/mol. The highest BCUT2D eigenvalue weighted by Crippen LogP contribution is 2.71. The highest BCUT2D eigenvalue weighted by atomic mass is 15.2. The molecule has 136 valence electrons. The summed E-state index contributed by atoms with van der Waals surface area (Å²) in [5.41, 5.74) is 1.44. The van der Waals surface area contributed by atoms with Crippen molar-refractivity contribution in [1.29, 1.82) is 0 Å². The number of hydrogen-bond donors (Lipinski definition) is 1. The molecule has 0 amide bonds. The van der Waals surface area contributed by atoms with Crippen molar-refractivity contribution in [2.24, 2.45) is 40.4 Å². The van der Waals surface area contributed by atoms with Crippen molar-refractivity contribution < 1.29 is 4.90 Å². The minimum Gasteiger partial charge on any atom is -0.334 e. The molecular formula is C23H40N+. The molecule has 4 aliphatic carbocycles. The van der Waals surface area contributed by atoms with Crippen LogP contribution in [0.25, 0.3) is 0 Å². The summed E-state index contributed by atoms with van der Waals surface area (Å²) in [5.74, 6) is 5.43. The van der Waals surface area contributed by atoms with Gasteiger partial charge in [0.05, 0.1) is 25.6 Å². The second kappa shape index (κ2) is 5.48. The maximum Gasteiger partial charge on any atom is 0.0960 e. The molecule has 24 heavy (non-hydrogen) atoms. The van der Waals surface area contributed by atoms with Crippen LogP contribution in [-0.2, 0) is 0 Å². The lowest BCUT2D eigenvalue weighted by molar-refractivity contribution is -0.962. The third-order valence-corrected chi connectivity index (χ3v) is 10.2. The van der Waals surface area contributed by atoms with Crippen LogP contribution in [0, 0.1) is 40.4 Å². The third-order valence-electron chi connectivity index (χ3n) is 10.2. The van der Waals surface area contributed by atoms with E-state index in [1.165, 1.54) is 19.4 Å². The summed E-state index contributed by atoms with van der Waals surface area (Å²) in [6.45, 7) is 6.81. The van der Waals surface area contributed by atoms with Crippen molar-refractivity contribution in [3.8, 4) is 0 Å². The van der Waals surface area contributed by atoms with E-state index in [0.717, 1.165) is 41.0 Å². The zero-order chi connectivity index (χ0) is 16.5. The van der Waals surface area contributed by atoms with E-state index in [0.29, 0.717) is 5.41 Å². The van der Waals surface area contributed by atoms with Gasteiger partial charge in [0.25, 0.3) is 0 Å². The van der Waals surface area contributed by atoms with Crippen LogP contribution in [0.5, 0.6) is 0 Å². The van der Waals surface area contributed by atoms with Gasteiger partial charge in [0, 0.05) is 6.42 Å². The van der Waals surface area contributed by atoms with E-state index in [1.54, 1.807) is 57.8 Å². The highest BCUT2D eigenvalue weighted by molar-refractivity contribution is 5.12. The third kappa shape index (κ3) is 2.36. The predicted octanol–water partition coefficient (Wildman–Crippen LogP) is 4.32. The Hall–Kier alpha value is -0.0400. The summed E-state index contributed by atoms with van der Waals surface area (Å²) >= 11 is 0. The molecule has 5 rings (SSSR count). The molecule has 1 saturated heterocycles. The highest BCUT2D eigenvalue weighted by Gasteiger charge is 2.64. The van der Waals surface area contributed by atoms with Crippen LogP contribution in [0.15, 0.2) is 0 Å². The fraction of sp³-hybridized carbons (Fsp3) is 1.00. The van der Waals surface area contributed by atoms with Crippen molar-refractivity contribution in [2.75, 3.05) is 13.6 Å². The minimum absolute atomic E-state index is 0.650. The molecule has 1 spiro atoms. The zero-order valence-electron chi connectivity index (χ0n) is 16.4. The fourth-order valence-corrected chi connectivity index (χ4v) is 8.46. The van der Waals surface area contributed by atoms with Gasteiger partial charge < -0.3 is 4.90 Å². The first-order chi connectivity index (χ1) is 11.5. The number of rotatable bonds is 0. The molecule has 0 aromatic carbocycles. The molecule has 1 heteroatoms. The number of fused-ring (bicyclic) bond motifs is 6. The molecular weight excluding hydrogens is 290 g/mol. The van der Waals surface area contributed by atoms with E-state index in [1.807, 2.05) is 4.90 Å². The number of likely N-dealkylation sites (tertiary alicyclic amines) is 1. The fourth-order valence-electron chi connectivity index (χ4n) is 8.46. The quantitative estimate of drug-likeness (QED) is 0.674. The standard InChI is InChI=1S/C23H39N/c1-16-21-18-7-6-17(13-18)8-10-22(2)11-12-23(16,21)9-4-5-19-15-24(3)20(19)14-22/h16-21H,4-15H2,1-3H3/p+1. The summed E-state index contributed by atoms with van der Waals surface area (Å²) in [4.78, 5) is 1.85. The molecule has 0 aromatic heterocycles. The number of hydrogen-bond acceptors (Lipinski definition) is 0. The van der Waals surface area contributed by atoms with Crippen LogP contribution >= 0.6 is 0 Å². The molecule has 0 radical (unpaired) electrons. The summed E-state index contributed by atoms with van der Waals surface area (Å²) in [5, 5.41) is 0. The first-order valence-electron chi connectivity index (χ1n) is 11.3. The molecule has 0 aromatic rings. The Bertz CT molecular complexity index is 500. The van der Waals surface area contributed by atoms with Crippen LogP contribution in [0.3, 0.4) is 0 Å². The van der Waals surface area contributed by atoms with E-state index in [2.05, 4.69) is 20.9 Å². The lowest BCUT2D eigenvalue weighted by Crippen LogP contribution is -3.22. The Morgan fingerprint density at radius 2 is 1.79 bits per heavy atom. The second-order valence-electron chi connectivity index (χ2n) is 11.3. The van der Waals surface area contributed by atoms with Gasteiger partial charge in [-0.2, -0.15) is 0 Å². The van der Waals surface area contributed by atoms with Gasteiger partial charge in [0.1, 0.15) is 0 Å². The van der Waals surface area contributed by atoms with E-state index in [9.17, 15) is 0 Å². The normalized spacial score (nSPS) is 59.9. The van der Waals surface area contributed by atoms with E-state index < -0.39 is 0 Å². The molecule has 1 nitrogen and oxygen atoms in total. The molecule has 1 N–H and O–H groups in total. The smallest absolute Gasteiger partial charge is 0.0960 e. The summed E-state index contributed by atoms with van der Waals surface area (Å²) in [6.07, 6.45) is 17.2. The molecule has 9 atom stereocenters. The molecule has 1 aliphatic heterocycles. The Kier molecular flexibility index (Phi) is 3.69. The second-order valence-corrected chi connectivity index (χ2v) is 11.3. The van der Waals surface area contributed by atoms with Crippen molar-refractivity contribution in [3.63, 3.8) is 0 Å². The number of quaternary nitrogens is 1. The van der Waals surface area contributed by atoms with Gasteiger partial charge in [-0.15, -0.1) is 0 Å². The van der Waals surface area contributed by atoms with Crippen LogP contribution in [0.1, 0.15) is 84.5 Å². The van der Waals surface area contributed by atoms with Gasteiger partial charge in [-0.3, -0.25) is 0 Å². The lowest BCUT2D eigenvalue weighted by Gasteiger charge is -2.48. The SMILES string of the molecule is CC1C2C3CCC(CCC4(C)CCC12CCCC1C[NH+](C)C1C4)C3. The monoisotopic (exact) mass is 330 g/mol. The first kappa shape index (κ1) is 16.2. The van der Waals surface area contributed by atoms with Crippen molar-refractivity contribution in [3.05, 3.63) is 0 Å². The van der Waals surface area contributed by atoms with Crippen molar-refractivity contribution in [2.45, 2.75) is 90.5 Å². The van der Waals surface area contributed by atoms with Gasteiger partial charge >= 0.3 is 0 Å². The topological polar surface area (TPSA) is 4.44 Å². The summed E-state index contributed by atoms with van der Waals surface area (Å²) in [7, 11) is 2.47. The minimum atomic E-state index is 0.650. The predicted molar refractivity (Wildman–Crippen MR) is 100.0 cm³/mol. The van der Waals surface area contributed by atoms with Crippen molar-refractivity contribution >= 4 is 0 Å². The first-order valence-corrected chi connectivity index (χ1v) is 11.3. The Morgan fingerprint density at radius 1 is 0.917 bits per heavy atom. The zero-order valence-corrected chi connectivity index (χ0v) is 16.4. The molecule has 4 saturated carbocycles. The Morgan fingerprint density at radius 3 is 2.62 bits per heavy atom. The van der Waals surface area contributed by atoms with E-state index >= 15 is 0 Å². The molecule has 1 heterocycles. The molecule has 5 aliphatic rings. The summed E-state index contributed by atoms with van der Waals surface area (Å²) in [6, 6.07) is 0.996. The summed E-state index contributed by atoms with van der Waals surface area (Å²) < 4.78 is 0. The van der Waals surface area contributed by atoms with Crippen LogP contribution < -0.4 is 4.90 Å². The molecule has 5 fully saturated rings. The average Bonchev–Trinajstić information content (AvgIpc) is 2.91. The molecule has 9 unspecified atom stereocenters. The van der Waals surface area contributed by atoms with Crippen LogP contribution in [0.4, 0.5) is 0 Å².